The molecule has 0 saturated heterocycles. The molecule has 100 valence electrons. The monoisotopic (exact) mass is 241 g/mol. The molecule has 0 aromatic rings. The molecular formula is C14H27NO2. The third kappa shape index (κ3) is 4.66. The number of aliphatic hydroxyl groups is 1. The van der Waals surface area contributed by atoms with Crippen molar-refractivity contribution in [3.63, 3.8) is 0 Å². The lowest BCUT2D eigenvalue weighted by molar-refractivity contribution is -0.123. The average molecular weight is 241 g/mol. The van der Waals surface area contributed by atoms with E-state index in [1.54, 1.807) is 0 Å². The quantitative estimate of drug-likeness (QED) is 0.794. The summed E-state index contributed by atoms with van der Waals surface area (Å²) in [5.41, 5.74) is -0.484. The molecule has 0 spiro atoms. The van der Waals surface area contributed by atoms with Gasteiger partial charge in [-0.15, -0.1) is 0 Å². The fraction of sp³-hybridized carbons (Fsp3) is 0.929. The Hall–Kier alpha value is -0.570. The van der Waals surface area contributed by atoms with Crippen LogP contribution in [0.4, 0.5) is 0 Å². The Bertz CT molecular complexity index is 262. The van der Waals surface area contributed by atoms with Crippen LogP contribution in [0, 0.1) is 11.3 Å². The Morgan fingerprint density at radius 2 is 1.88 bits per heavy atom. The fourth-order valence-corrected chi connectivity index (χ4v) is 2.13. The minimum atomic E-state index is -0.638. The van der Waals surface area contributed by atoms with E-state index < -0.39 is 5.60 Å². The van der Waals surface area contributed by atoms with Gasteiger partial charge in [0.1, 0.15) is 0 Å². The fourth-order valence-electron chi connectivity index (χ4n) is 2.13. The summed E-state index contributed by atoms with van der Waals surface area (Å²) >= 11 is 0. The molecule has 17 heavy (non-hydrogen) atoms. The van der Waals surface area contributed by atoms with Gasteiger partial charge in [0, 0.05) is 13.0 Å². The van der Waals surface area contributed by atoms with E-state index in [2.05, 4.69) is 33.0 Å². The number of amides is 1. The Morgan fingerprint density at radius 1 is 1.35 bits per heavy atom. The molecule has 1 fully saturated rings. The zero-order valence-electron chi connectivity index (χ0n) is 11.7. The molecule has 1 unspecified atom stereocenters. The van der Waals surface area contributed by atoms with Crippen molar-refractivity contribution in [2.45, 2.75) is 65.4 Å². The molecule has 2 N–H and O–H groups in total. The molecule has 0 aromatic carbocycles. The normalized spacial score (nSPS) is 21.2. The van der Waals surface area contributed by atoms with Gasteiger partial charge in [-0.25, -0.2) is 0 Å². The van der Waals surface area contributed by atoms with Crippen molar-refractivity contribution < 1.29 is 9.90 Å². The lowest BCUT2D eigenvalue weighted by Crippen LogP contribution is -2.41. The molecule has 0 heterocycles. The molecule has 0 radical (unpaired) electrons. The maximum Gasteiger partial charge on any atom is 0.220 e. The summed E-state index contributed by atoms with van der Waals surface area (Å²) in [7, 11) is 0. The first-order valence-electron chi connectivity index (χ1n) is 6.72. The zero-order valence-corrected chi connectivity index (χ0v) is 11.7. The number of carbonyl (C=O) groups is 1. The highest BCUT2D eigenvalue weighted by atomic mass is 16.3. The van der Waals surface area contributed by atoms with Crippen molar-refractivity contribution in [2.24, 2.45) is 11.3 Å². The van der Waals surface area contributed by atoms with E-state index in [4.69, 9.17) is 0 Å². The van der Waals surface area contributed by atoms with Crippen LogP contribution in [0.15, 0.2) is 0 Å². The molecule has 0 aliphatic heterocycles. The van der Waals surface area contributed by atoms with Crippen LogP contribution in [0.1, 0.15) is 59.8 Å². The summed E-state index contributed by atoms with van der Waals surface area (Å²) in [5, 5.41) is 13.0. The van der Waals surface area contributed by atoms with Crippen molar-refractivity contribution >= 4 is 5.91 Å². The average Bonchev–Trinajstić information content (AvgIpc) is 2.61. The van der Waals surface area contributed by atoms with Crippen LogP contribution in [0.25, 0.3) is 0 Å². The molecule has 0 bridgehead atoms. The lowest BCUT2D eigenvalue weighted by atomic mass is 9.80. The largest absolute Gasteiger partial charge is 0.388 e. The third-order valence-electron chi connectivity index (χ3n) is 4.12. The van der Waals surface area contributed by atoms with Crippen molar-refractivity contribution in [1.82, 2.24) is 5.32 Å². The number of rotatable bonds is 4. The van der Waals surface area contributed by atoms with E-state index in [9.17, 15) is 9.90 Å². The molecule has 1 aliphatic rings. The van der Waals surface area contributed by atoms with Crippen LogP contribution in [0.3, 0.4) is 0 Å². The zero-order chi connectivity index (χ0) is 13.1. The van der Waals surface area contributed by atoms with Crippen LogP contribution in [-0.2, 0) is 4.79 Å². The van der Waals surface area contributed by atoms with E-state index in [1.165, 1.54) is 0 Å². The van der Waals surface area contributed by atoms with Crippen molar-refractivity contribution in [1.29, 1.82) is 0 Å². The second-order valence-electron chi connectivity index (χ2n) is 6.68. The smallest absolute Gasteiger partial charge is 0.220 e. The van der Waals surface area contributed by atoms with Gasteiger partial charge in [0.2, 0.25) is 5.91 Å². The van der Waals surface area contributed by atoms with E-state index in [0.717, 1.165) is 25.7 Å². The van der Waals surface area contributed by atoms with Crippen LogP contribution < -0.4 is 5.32 Å². The maximum atomic E-state index is 11.8. The minimum Gasteiger partial charge on any atom is -0.388 e. The van der Waals surface area contributed by atoms with Crippen molar-refractivity contribution in [2.75, 3.05) is 6.54 Å². The van der Waals surface area contributed by atoms with Crippen LogP contribution in [0.5, 0.6) is 0 Å². The maximum absolute atomic E-state index is 11.8. The van der Waals surface area contributed by atoms with Gasteiger partial charge in [-0.05, 0) is 24.2 Å². The van der Waals surface area contributed by atoms with Gasteiger partial charge >= 0.3 is 0 Å². The summed E-state index contributed by atoms with van der Waals surface area (Å²) in [6, 6.07) is 0. The van der Waals surface area contributed by atoms with Crippen molar-refractivity contribution in [3.05, 3.63) is 0 Å². The number of nitrogens with one attached hydrogen (secondary N) is 1. The molecule has 0 aromatic heterocycles. The highest BCUT2D eigenvalue weighted by Gasteiger charge is 2.31. The predicted molar refractivity (Wildman–Crippen MR) is 69.7 cm³/mol. The molecule has 1 amide bonds. The van der Waals surface area contributed by atoms with Gasteiger partial charge in [-0.3, -0.25) is 4.79 Å². The number of hydrogen-bond acceptors (Lipinski definition) is 2. The first kappa shape index (κ1) is 14.5. The van der Waals surface area contributed by atoms with Crippen LogP contribution in [-0.4, -0.2) is 23.2 Å². The van der Waals surface area contributed by atoms with Gasteiger partial charge in [0.25, 0.3) is 0 Å². The summed E-state index contributed by atoms with van der Waals surface area (Å²) in [6.45, 7) is 8.97. The molecule has 1 saturated carbocycles. The summed E-state index contributed by atoms with van der Waals surface area (Å²) in [5.74, 6) is 0.411. The molecule has 3 heteroatoms. The molecule has 1 aliphatic carbocycles. The van der Waals surface area contributed by atoms with Crippen LogP contribution in [0.2, 0.25) is 0 Å². The third-order valence-corrected chi connectivity index (χ3v) is 4.12. The molecule has 1 rings (SSSR count). The Balaban J connectivity index is 2.30. The van der Waals surface area contributed by atoms with Gasteiger partial charge < -0.3 is 10.4 Å². The summed E-state index contributed by atoms with van der Waals surface area (Å²) in [6.07, 6.45) is 4.33. The Morgan fingerprint density at radius 3 is 2.35 bits per heavy atom. The summed E-state index contributed by atoms with van der Waals surface area (Å²) < 4.78 is 0. The molecule has 3 nitrogen and oxygen atoms in total. The second kappa shape index (κ2) is 5.38. The van der Waals surface area contributed by atoms with Gasteiger partial charge in [-0.1, -0.05) is 40.5 Å². The Kier molecular flexibility index (Phi) is 4.59. The van der Waals surface area contributed by atoms with Crippen molar-refractivity contribution in [3.8, 4) is 0 Å². The van der Waals surface area contributed by atoms with Gasteiger partial charge in [-0.2, -0.15) is 0 Å². The standard InChI is InChI=1S/C14H27NO2/c1-11(13(2,3)4)9-12(16)15-10-14(17)7-5-6-8-14/h11,17H,5-10H2,1-4H3,(H,15,16). The van der Waals surface area contributed by atoms with Gasteiger partial charge in [0.15, 0.2) is 0 Å². The molecular weight excluding hydrogens is 214 g/mol. The molecule has 1 atom stereocenters. The Labute approximate surface area is 105 Å². The highest BCUT2D eigenvalue weighted by molar-refractivity contribution is 5.76. The van der Waals surface area contributed by atoms with E-state index in [1.807, 2.05) is 0 Å². The van der Waals surface area contributed by atoms with Gasteiger partial charge in [0.05, 0.1) is 5.60 Å². The van der Waals surface area contributed by atoms with E-state index in [-0.39, 0.29) is 11.3 Å². The van der Waals surface area contributed by atoms with E-state index in [0.29, 0.717) is 18.9 Å². The van der Waals surface area contributed by atoms with E-state index >= 15 is 0 Å². The predicted octanol–water partition coefficient (Wildman–Crippen LogP) is 2.48. The number of hydrogen-bond donors (Lipinski definition) is 2. The highest BCUT2D eigenvalue weighted by Crippen LogP contribution is 2.29. The minimum absolute atomic E-state index is 0.0627. The first-order valence-corrected chi connectivity index (χ1v) is 6.72. The summed E-state index contributed by atoms with van der Waals surface area (Å²) in [4.78, 5) is 11.8. The lowest BCUT2D eigenvalue weighted by Gasteiger charge is -2.28. The topological polar surface area (TPSA) is 49.3 Å². The SMILES string of the molecule is CC(CC(=O)NCC1(O)CCCC1)C(C)(C)C. The first-order chi connectivity index (χ1) is 7.73. The second-order valence-corrected chi connectivity index (χ2v) is 6.68. The van der Waals surface area contributed by atoms with Crippen LogP contribution >= 0.6 is 0 Å². The number of carbonyl (C=O) groups excluding carboxylic acids is 1.